The fourth-order valence-corrected chi connectivity index (χ4v) is 4.29. The highest BCUT2D eigenvalue weighted by molar-refractivity contribution is 7.90. The lowest BCUT2D eigenvalue weighted by molar-refractivity contribution is -0.189. The van der Waals surface area contributed by atoms with Crippen molar-refractivity contribution in [2.45, 2.75) is 43.7 Å². The quantitative estimate of drug-likeness (QED) is 0.522. The van der Waals surface area contributed by atoms with Gasteiger partial charge in [0.05, 0.1) is 29.2 Å². The lowest BCUT2D eigenvalue weighted by atomic mass is 10.1. The molecule has 2 heterocycles. The van der Waals surface area contributed by atoms with Gasteiger partial charge >= 0.3 is 6.18 Å². The highest BCUT2D eigenvalue weighted by atomic mass is 32.2. The number of sulfone groups is 1. The second-order valence-corrected chi connectivity index (χ2v) is 10.2. The third-order valence-corrected chi connectivity index (χ3v) is 6.59. The van der Waals surface area contributed by atoms with Crippen molar-refractivity contribution >= 4 is 15.7 Å². The normalized spacial score (nSPS) is 14.7. The van der Waals surface area contributed by atoms with Crippen LogP contribution >= 0.6 is 0 Å². The maximum atomic E-state index is 13.3. The summed E-state index contributed by atoms with van der Waals surface area (Å²) < 4.78 is 69.9. The van der Waals surface area contributed by atoms with Crippen molar-refractivity contribution in [2.75, 3.05) is 6.26 Å². The highest BCUT2D eigenvalue weighted by Crippen LogP contribution is 2.32. The van der Waals surface area contributed by atoms with Gasteiger partial charge in [-0.05, 0) is 30.7 Å². The summed E-state index contributed by atoms with van der Waals surface area (Å²) in [6.45, 7) is 1.72. The summed E-state index contributed by atoms with van der Waals surface area (Å²) in [7, 11) is -3.70. The van der Waals surface area contributed by atoms with E-state index in [0.717, 1.165) is 42.5 Å². The first kappa shape index (κ1) is 23.8. The molecule has 1 unspecified atom stereocenters. The van der Waals surface area contributed by atoms with E-state index < -0.39 is 28.0 Å². The molecule has 0 saturated carbocycles. The molecular formula is C23H22F3N3O4S. The summed E-state index contributed by atoms with van der Waals surface area (Å²) in [5.74, 6) is -0.969. The maximum Gasteiger partial charge on any atom is 0.425 e. The van der Waals surface area contributed by atoms with Crippen LogP contribution in [-0.4, -0.2) is 47.5 Å². The largest absolute Gasteiger partial charge is 0.480 e. The minimum atomic E-state index is -4.65. The molecule has 11 heteroatoms. The van der Waals surface area contributed by atoms with Gasteiger partial charge in [0.2, 0.25) is 0 Å². The SMILES string of the molecule is CC(Oc1ccc(S(C)(=O)=O)cc1C(=O)N1Cc2cn(Cc3ccccc3)nc2C1)C(F)(F)F. The van der Waals surface area contributed by atoms with Gasteiger partial charge < -0.3 is 9.64 Å². The Morgan fingerprint density at radius 2 is 1.85 bits per heavy atom. The van der Waals surface area contributed by atoms with Gasteiger partial charge in [-0.1, -0.05) is 30.3 Å². The average Bonchev–Trinajstić information content (AvgIpc) is 3.31. The van der Waals surface area contributed by atoms with Crippen molar-refractivity contribution in [1.82, 2.24) is 14.7 Å². The fraction of sp³-hybridized carbons (Fsp3) is 0.304. The van der Waals surface area contributed by atoms with Gasteiger partial charge in [-0.15, -0.1) is 0 Å². The predicted octanol–water partition coefficient (Wildman–Crippen LogP) is 3.82. The molecule has 3 aromatic rings. The Morgan fingerprint density at radius 1 is 1.15 bits per heavy atom. The van der Waals surface area contributed by atoms with Gasteiger partial charge in [-0.2, -0.15) is 18.3 Å². The molecule has 1 aromatic heterocycles. The summed E-state index contributed by atoms with van der Waals surface area (Å²) in [5, 5.41) is 4.52. The van der Waals surface area contributed by atoms with E-state index >= 15 is 0 Å². The van der Waals surface area contributed by atoms with E-state index in [-0.39, 0.29) is 29.3 Å². The molecule has 0 spiro atoms. The number of benzene rings is 2. The molecule has 0 radical (unpaired) electrons. The standard InChI is InChI=1S/C23H22F3N3O4S/c1-15(23(24,25)26)33-21-9-8-18(34(2,31)32)10-19(21)22(30)28-12-17-13-29(27-20(17)14-28)11-16-6-4-3-5-7-16/h3-10,13,15H,11-12,14H2,1-2H3. The van der Waals surface area contributed by atoms with Gasteiger partial charge in [-0.25, -0.2) is 8.42 Å². The van der Waals surface area contributed by atoms with Crippen LogP contribution in [0, 0.1) is 0 Å². The predicted molar refractivity (Wildman–Crippen MR) is 117 cm³/mol. The average molecular weight is 494 g/mol. The number of amides is 1. The number of hydrogen-bond acceptors (Lipinski definition) is 5. The Bertz CT molecular complexity index is 1300. The van der Waals surface area contributed by atoms with E-state index in [0.29, 0.717) is 12.2 Å². The number of carbonyl (C=O) groups is 1. The van der Waals surface area contributed by atoms with Gasteiger partial charge in [0.15, 0.2) is 15.9 Å². The van der Waals surface area contributed by atoms with E-state index in [4.69, 9.17) is 4.74 Å². The first-order valence-electron chi connectivity index (χ1n) is 10.4. The molecule has 4 rings (SSSR count). The highest BCUT2D eigenvalue weighted by Gasteiger charge is 2.39. The monoisotopic (exact) mass is 493 g/mol. The zero-order valence-corrected chi connectivity index (χ0v) is 19.2. The smallest absolute Gasteiger partial charge is 0.425 e. The number of ether oxygens (including phenoxy) is 1. The van der Waals surface area contributed by atoms with Crippen LogP contribution in [0.2, 0.25) is 0 Å². The third kappa shape index (κ3) is 5.09. The van der Waals surface area contributed by atoms with Gasteiger partial charge in [-0.3, -0.25) is 9.48 Å². The van der Waals surface area contributed by atoms with Crippen LogP contribution in [-0.2, 0) is 29.5 Å². The number of alkyl halides is 3. The minimum absolute atomic E-state index is 0.146. The Hall–Kier alpha value is -3.34. The number of aromatic nitrogens is 2. The van der Waals surface area contributed by atoms with Crippen LogP contribution in [0.3, 0.4) is 0 Å². The summed E-state index contributed by atoms with van der Waals surface area (Å²) in [5.41, 5.74) is 2.31. The Balaban J connectivity index is 1.57. The lowest BCUT2D eigenvalue weighted by Gasteiger charge is -2.22. The molecule has 1 aliphatic heterocycles. The second kappa shape index (κ2) is 8.79. The van der Waals surface area contributed by atoms with E-state index in [1.807, 2.05) is 36.5 Å². The molecule has 0 aliphatic carbocycles. The zero-order chi connectivity index (χ0) is 24.7. The molecule has 0 bridgehead atoms. The Labute approximate surface area is 194 Å². The first-order valence-corrected chi connectivity index (χ1v) is 12.3. The molecule has 1 aliphatic rings. The van der Waals surface area contributed by atoms with E-state index in [2.05, 4.69) is 5.10 Å². The van der Waals surface area contributed by atoms with E-state index in [1.54, 1.807) is 4.68 Å². The Kier molecular flexibility index (Phi) is 6.15. The fourth-order valence-electron chi connectivity index (χ4n) is 3.64. The van der Waals surface area contributed by atoms with Crippen LogP contribution in [0.1, 0.15) is 34.1 Å². The van der Waals surface area contributed by atoms with Crippen LogP contribution in [0.25, 0.3) is 0 Å². The molecule has 34 heavy (non-hydrogen) atoms. The number of rotatable bonds is 6. The Morgan fingerprint density at radius 3 is 2.47 bits per heavy atom. The molecule has 180 valence electrons. The molecular weight excluding hydrogens is 471 g/mol. The summed E-state index contributed by atoms with van der Waals surface area (Å²) in [6.07, 6.45) is -4.05. The molecule has 7 nitrogen and oxygen atoms in total. The van der Waals surface area contributed by atoms with Crippen LogP contribution in [0.15, 0.2) is 59.6 Å². The maximum absolute atomic E-state index is 13.3. The third-order valence-electron chi connectivity index (χ3n) is 5.48. The first-order chi connectivity index (χ1) is 15.9. The van der Waals surface area contributed by atoms with Gasteiger partial charge in [0.25, 0.3) is 5.91 Å². The van der Waals surface area contributed by atoms with Crippen molar-refractivity contribution in [3.05, 3.63) is 77.1 Å². The number of hydrogen-bond donors (Lipinski definition) is 0. The van der Waals surface area contributed by atoms with Crippen molar-refractivity contribution in [3.63, 3.8) is 0 Å². The lowest BCUT2D eigenvalue weighted by Crippen LogP contribution is -2.33. The molecule has 2 aromatic carbocycles. The van der Waals surface area contributed by atoms with E-state index in [9.17, 15) is 26.4 Å². The molecule has 0 N–H and O–H groups in total. The van der Waals surface area contributed by atoms with Crippen LogP contribution in [0.5, 0.6) is 5.75 Å². The summed E-state index contributed by atoms with van der Waals surface area (Å²) in [4.78, 5) is 14.5. The number of carbonyl (C=O) groups excluding carboxylic acids is 1. The molecule has 0 saturated heterocycles. The molecule has 0 fully saturated rings. The molecule has 1 atom stereocenters. The van der Waals surface area contributed by atoms with Gasteiger partial charge in [0, 0.05) is 24.6 Å². The number of nitrogens with zero attached hydrogens (tertiary/aromatic N) is 3. The summed E-state index contributed by atoms with van der Waals surface area (Å²) in [6, 6.07) is 13.0. The summed E-state index contributed by atoms with van der Waals surface area (Å²) >= 11 is 0. The van der Waals surface area contributed by atoms with Crippen LogP contribution in [0.4, 0.5) is 13.2 Å². The van der Waals surface area contributed by atoms with Gasteiger partial charge in [0.1, 0.15) is 5.75 Å². The van der Waals surface area contributed by atoms with Crippen molar-refractivity contribution < 1.29 is 31.1 Å². The minimum Gasteiger partial charge on any atom is -0.480 e. The van der Waals surface area contributed by atoms with E-state index in [1.165, 1.54) is 4.90 Å². The zero-order valence-electron chi connectivity index (χ0n) is 18.4. The topological polar surface area (TPSA) is 81.5 Å². The second-order valence-electron chi connectivity index (χ2n) is 8.18. The number of halogens is 3. The van der Waals surface area contributed by atoms with Crippen molar-refractivity contribution in [1.29, 1.82) is 0 Å². The van der Waals surface area contributed by atoms with Crippen molar-refractivity contribution in [2.24, 2.45) is 0 Å². The van der Waals surface area contributed by atoms with Crippen molar-refractivity contribution in [3.8, 4) is 5.75 Å². The number of fused-ring (bicyclic) bond motifs is 1. The molecule has 1 amide bonds. The van der Waals surface area contributed by atoms with Crippen LogP contribution < -0.4 is 4.74 Å².